The van der Waals surface area contributed by atoms with E-state index in [1.165, 1.54) is 0 Å². The minimum Gasteiger partial charge on any atom is -0.494 e. The second kappa shape index (κ2) is 10.7. The minimum absolute atomic E-state index is 0.0849. The molecule has 3 aromatic rings. The first-order chi connectivity index (χ1) is 14.8. The molecule has 2 aromatic carbocycles. The van der Waals surface area contributed by atoms with E-state index in [0.29, 0.717) is 18.2 Å². The Hall–Kier alpha value is -2.53. The van der Waals surface area contributed by atoms with Crippen LogP contribution in [0.1, 0.15) is 45.9 Å². The van der Waals surface area contributed by atoms with E-state index in [0.717, 1.165) is 54.8 Å². The molecule has 0 aliphatic heterocycles. The third-order valence-corrected chi connectivity index (χ3v) is 5.39. The van der Waals surface area contributed by atoms with Gasteiger partial charge < -0.3 is 14.6 Å². The molecule has 1 amide bonds. The van der Waals surface area contributed by atoms with Crippen molar-refractivity contribution in [1.82, 2.24) is 14.9 Å². The van der Waals surface area contributed by atoms with Gasteiger partial charge >= 0.3 is 0 Å². The number of aromatic nitrogens is 2. The highest BCUT2D eigenvalue weighted by Gasteiger charge is 2.20. The van der Waals surface area contributed by atoms with Crippen LogP contribution in [0.25, 0.3) is 11.0 Å². The monoisotopic (exact) mass is 441 g/mol. The van der Waals surface area contributed by atoms with Crippen molar-refractivity contribution in [2.45, 2.75) is 53.0 Å². The average molecular weight is 442 g/mol. The number of nitrogens with one attached hydrogen (secondary N) is 1. The van der Waals surface area contributed by atoms with Crippen molar-refractivity contribution in [3.05, 3.63) is 59.4 Å². The Labute approximate surface area is 189 Å². The number of nitrogens with zero attached hydrogens (tertiary/aromatic N) is 2. The second-order valence-corrected chi connectivity index (χ2v) is 9.22. The molecule has 1 aromatic heterocycles. The molecular formula is C25H32ClN3O2. The number of carbonyl (C=O) groups is 1. The van der Waals surface area contributed by atoms with Gasteiger partial charge in [-0.3, -0.25) is 4.79 Å². The number of hydrogen-bond donors (Lipinski definition) is 1. The van der Waals surface area contributed by atoms with Gasteiger partial charge in [-0.25, -0.2) is 4.98 Å². The smallest absolute Gasteiger partial charge is 0.225 e. The van der Waals surface area contributed by atoms with Crippen molar-refractivity contribution in [3.8, 4) is 5.75 Å². The van der Waals surface area contributed by atoms with Gasteiger partial charge in [0.05, 0.1) is 17.6 Å². The standard InChI is InChI=1S/C25H32ClN3O2/c1-25(2,3)24(30)27-16-8-11-23-28-21-9-4-5-10-22(21)29(23)17-6-7-18-31-20-14-12-19(26)13-15-20/h4-5,9-10,12-15H,6-8,11,16-18H2,1-3H3,(H,27,30). The third-order valence-electron chi connectivity index (χ3n) is 5.14. The molecule has 6 heteroatoms. The summed E-state index contributed by atoms with van der Waals surface area (Å²) in [6.45, 7) is 8.01. The molecule has 0 atom stereocenters. The van der Waals surface area contributed by atoms with Crippen LogP contribution in [0.4, 0.5) is 0 Å². The van der Waals surface area contributed by atoms with Crippen LogP contribution < -0.4 is 10.1 Å². The maximum Gasteiger partial charge on any atom is 0.225 e. The molecule has 0 spiro atoms. The lowest BCUT2D eigenvalue weighted by atomic mass is 9.96. The van der Waals surface area contributed by atoms with E-state index in [1.807, 2.05) is 51.1 Å². The fourth-order valence-electron chi connectivity index (χ4n) is 3.37. The summed E-state index contributed by atoms with van der Waals surface area (Å²) in [6, 6.07) is 15.7. The van der Waals surface area contributed by atoms with Gasteiger partial charge in [0, 0.05) is 29.9 Å². The Bertz CT molecular complexity index is 990. The highest BCUT2D eigenvalue weighted by molar-refractivity contribution is 6.30. The van der Waals surface area contributed by atoms with E-state index in [9.17, 15) is 4.79 Å². The van der Waals surface area contributed by atoms with E-state index >= 15 is 0 Å². The molecule has 0 bridgehead atoms. The van der Waals surface area contributed by atoms with Gasteiger partial charge in [0.25, 0.3) is 0 Å². The fourth-order valence-corrected chi connectivity index (χ4v) is 3.50. The number of rotatable bonds is 10. The lowest BCUT2D eigenvalue weighted by molar-refractivity contribution is -0.128. The maximum absolute atomic E-state index is 12.1. The molecule has 1 heterocycles. The molecule has 0 saturated heterocycles. The number of unbranched alkanes of at least 4 members (excludes halogenated alkanes) is 1. The number of hydrogen-bond acceptors (Lipinski definition) is 3. The quantitative estimate of drug-likeness (QED) is 0.414. The summed E-state index contributed by atoms with van der Waals surface area (Å²) in [4.78, 5) is 16.9. The van der Waals surface area contributed by atoms with Crippen molar-refractivity contribution in [2.24, 2.45) is 5.41 Å². The van der Waals surface area contributed by atoms with Crippen molar-refractivity contribution in [2.75, 3.05) is 13.2 Å². The van der Waals surface area contributed by atoms with E-state index in [2.05, 4.69) is 28.1 Å². The van der Waals surface area contributed by atoms with Crippen molar-refractivity contribution in [1.29, 1.82) is 0 Å². The molecule has 5 nitrogen and oxygen atoms in total. The number of carbonyl (C=O) groups excluding carboxylic acids is 1. The van der Waals surface area contributed by atoms with Crippen LogP contribution in [0.2, 0.25) is 5.02 Å². The molecule has 3 rings (SSSR count). The highest BCUT2D eigenvalue weighted by Crippen LogP contribution is 2.19. The zero-order valence-corrected chi connectivity index (χ0v) is 19.4. The molecule has 0 aliphatic carbocycles. The number of aryl methyl sites for hydroxylation is 2. The summed E-state index contributed by atoms with van der Waals surface area (Å²) in [5.41, 5.74) is 1.82. The zero-order valence-electron chi connectivity index (χ0n) is 18.7. The molecule has 0 fully saturated rings. The van der Waals surface area contributed by atoms with Crippen LogP contribution in [0.3, 0.4) is 0 Å². The molecule has 0 aliphatic rings. The Morgan fingerprint density at radius 2 is 1.81 bits per heavy atom. The first-order valence-electron chi connectivity index (χ1n) is 11.0. The van der Waals surface area contributed by atoms with E-state index in [-0.39, 0.29) is 11.3 Å². The Morgan fingerprint density at radius 3 is 2.55 bits per heavy atom. The Balaban J connectivity index is 1.52. The Morgan fingerprint density at radius 1 is 1.06 bits per heavy atom. The van der Waals surface area contributed by atoms with Crippen LogP contribution >= 0.6 is 11.6 Å². The summed E-state index contributed by atoms with van der Waals surface area (Å²) in [7, 11) is 0. The average Bonchev–Trinajstić information content (AvgIpc) is 3.09. The second-order valence-electron chi connectivity index (χ2n) is 8.79. The van der Waals surface area contributed by atoms with E-state index in [4.69, 9.17) is 21.3 Å². The minimum atomic E-state index is -0.360. The van der Waals surface area contributed by atoms with Crippen LogP contribution in [0.15, 0.2) is 48.5 Å². The van der Waals surface area contributed by atoms with Gasteiger partial charge in [0.1, 0.15) is 11.6 Å². The Kier molecular flexibility index (Phi) is 7.97. The van der Waals surface area contributed by atoms with Crippen molar-refractivity contribution < 1.29 is 9.53 Å². The fraction of sp³-hybridized carbons (Fsp3) is 0.440. The molecule has 0 saturated carbocycles. The number of halogens is 1. The number of para-hydroxylation sites is 2. The van der Waals surface area contributed by atoms with Gasteiger partial charge in [0.2, 0.25) is 5.91 Å². The van der Waals surface area contributed by atoms with Crippen molar-refractivity contribution >= 4 is 28.5 Å². The summed E-state index contributed by atoms with van der Waals surface area (Å²) in [6.07, 6.45) is 3.66. The summed E-state index contributed by atoms with van der Waals surface area (Å²) in [5.74, 6) is 2.00. The van der Waals surface area contributed by atoms with Gasteiger partial charge in [-0.05, 0) is 55.7 Å². The number of imidazole rings is 1. The predicted octanol–water partition coefficient (Wildman–Crippen LogP) is 5.64. The SMILES string of the molecule is CC(C)(C)C(=O)NCCCc1nc2ccccc2n1CCCCOc1ccc(Cl)cc1. The van der Waals surface area contributed by atoms with E-state index < -0.39 is 0 Å². The first kappa shape index (κ1) is 23.1. The van der Waals surface area contributed by atoms with Crippen LogP contribution in [0.5, 0.6) is 5.75 Å². The normalized spacial score (nSPS) is 11.6. The number of amides is 1. The van der Waals surface area contributed by atoms with Crippen LogP contribution in [-0.2, 0) is 17.8 Å². The van der Waals surface area contributed by atoms with Gasteiger partial charge in [-0.1, -0.05) is 44.5 Å². The summed E-state index contributed by atoms with van der Waals surface area (Å²) >= 11 is 5.91. The molecule has 0 radical (unpaired) electrons. The van der Waals surface area contributed by atoms with Crippen LogP contribution in [-0.4, -0.2) is 28.6 Å². The van der Waals surface area contributed by atoms with Gasteiger partial charge in [0.15, 0.2) is 0 Å². The molecule has 31 heavy (non-hydrogen) atoms. The largest absolute Gasteiger partial charge is 0.494 e. The number of fused-ring (bicyclic) bond motifs is 1. The van der Waals surface area contributed by atoms with E-state index in [1.54, 1.807) is 0 Å². The first-order valence-corrected chi connectivity index (χ1v) is 11.3. The van der Waals surface area contributed by atoms with Crippen molar-refractivity contribution in [3.63, 3.8) is 0 Å². The molecular weight excluding hydrogens is 410 g/mol. The summed E-state index contributed by atoms with van der Waals surface area (Å²) < 4.78 is 8.11. The lowest BCUT2D eigenvalue weighted by Gasteiger charge is -2.17. The zero-order chi connectivity index (χ0) is 22.3. The highest BCUT2D eigenvalue weighted by atomic mass is 35.5. The topological polar surface area (TPSA) is 56.2 Å². The van der Waals surface area contributed by atoms with Gasteiger partial charge in [-0.2, -0.15) is 0 Å². The molecule has 0 unspecified atom stereocenters. The van der Waals surface area contributed by atoms with Gasteiger partial charge in [-0.15, -0.1) is 0 Å². The predicted molar refractivity (Wildman–Crippen MR) is 127 cm³/mol. The maximum atomic E-state index is 12.1. The van der Waals surface area contributed by atoms with Crippen LogP contribution in [0, 0.1) is 5.41 Å². The number of benzene rings is 2. The lowest BCUT2D eigenvalue weighted by Crippen LogP contribution is -2.35. The number of ether oxygens (including phenoxy) is 1. The summed E-state index contributed by atoms with van der Waals surface area (Å²) in [5, 5.41) is 3.74. The molecule has 166 valence electrons. The third kappa shape index (κ3) is 6.73. The molecule has 1 N–H and O–H groups in total.